The number of Topliss-reactive ketones (excluding diaryl/α,β-unsaturated/α-hetero) is 1. The minimum atomic E-state index is -1.53. The lowest BCUT2D eigenvalue weighted by atomic mass is 9.69. The van der Waals surface area contributed by atoms with E-state index in [9.17, 15) is 15.3 Å². The largest absolute Gasteiger partial charge is 0.496 e. The molecule has 0 radical (unpaired) electrons. The summed E-state index contributed by atoms with van der Waals surface area (Å²) in [6.45, 7) is 0. The molecule has 1 fully saturated rings. The van der Waals surface area contributed by atoms with E-state index in [0.717, 1.165) is 11.3 Å². The number of methoxy groups -OCH3 is 1. The number of ketones is 1. The van der Waals surface area contributed by atoms with Crippen molar-refractivity contribution in [2.75, 3.05) is 12.0 Å². The molecule has 0 aliphatic carbocycles. The first-order valence-electron chi connectivity index (χ1n) is 10.9. The molecule has 0 amide bonds. The molecule has 2 aliphatic heterocycles. The van der Waals surface area contributed by atoms with Gasteiger partial charge >= 0.3 is 0 Å². The maximum absolute atomic E-state index is 14.1. The summed E-state index contributed by atoms with van der Waals surface area (Å²) < 4.78 is 5.63. The maximum Gasteiger partial charge on any atom is 0.185 e. The van der Waals surface area contributed by atoms with E-state index < -0.39 is 23.4 Å². The van der Waals surface area contributed by atoms with E-state index in [4.69, 9.17) is 16.3 Å². The van der Waals surface area contributed by atoms with E-state index in [1.807, 2.05) is 65.6 Å². The van der Waals surface area contributed by atoms with Crippen molar-refractivity contribution in [2.24, 2.45) is 5.41 Å². The molecule has 0 unspecified atom stereocenters. The zero-order valence-corrected chi connectivity index (χ0v) is 19.1. The van der Waals surface area contributed by atoms with Crippen LogP contribution < -0.4 is 9.64 Å². The van der Waals surface area contributed by atoms with Crippen LogP contribution in [0.3, 0.4) is 0 Å². The number of fused-ring (bicyclic) bond motifs is 3. The first-order valence-corrected chi connectivity index (χ1v) is 11.2. The third kappa shape index (κ3) is 3.10. The van der Waals surface area contributed by atoms with Crippen LogP contribution in [0.1, 0.15) is 27.4 Å². The van der Waals surface area contributed by atoms with Crippen LogP contribution >= 0.6 is 11.6 Å². The molecule has 6 heteroatoms. The minimum absolute atomic E-state index is 0.162. The van der Waals surface area contributed by atoms with Crippen molar-refractivity contribution in [1.82, 2.24) is 0 Å². The number of anilines is 1. The Morgan fingerprint density at radius 3 is 2.44 bits per heavy atom. The van der Waals surface area contributed by atoms with Crippen LogP contribution in [0.2, 0.25) is 5.02 Å². The molecule has 0 aromatic heterocycles. The van der Waals surface area contributed by atoms with E-state index in [1.54, 1.807) is 31.4 Å². The third-order valence-electron chi connectivity index (χ3n) is 6.77. The summed E-state index contributed by atoms with van der Waals surface area (Å²) in [5, 5.41) is 21.6. The van der Waals surface area contributed by atoms with E-state index in [0.29, 0.717) is 21.9 Å². The molecule has 34 heavy (non-hydrogen) atoms. The second-order valence-electron chi connectivity index (χ2n) is 8.40. The van der Waals surface area contributed by atoms with Crippen LogP contribution in [0.15, 0.2) is 78.9 Å². The smallest absolute Gasteiger partial charge is 0.185 e. The topological polar surface area (TPSA) is 77.1 Å². The molecule has 3 aromatic carbocycles. The zero-order valence-electron chi connectivity index (χ0n) is 18.4. The molecule has 5 rings (SSSR count). The number of para-hydroxylation sites is 1. The standard InChI is InChI=1S/C28H20ClN3O2/c1-34-23-10-6-5-9-21(23)25-26(27(33)18-7-3-2-4-8-18)32-22-13-12-20(29)15-19(22)11-14-24(32)28(25,16-30)17-31/h2-15,24-26H,1H3/t24-,25-,26-/m1/s1. The van der Waals surface area contributed by atoms with Crippen LogP contribution in [-0.4, -0.2) is 25.0 Å². The summed E-state index contributed by atoms with van der Waals surface area (Å²) in [6.07, 6.45) is 3.71. The quantitative estimate of drug-likeness (QED) is 0.466. The van der Waals surface area contributed by atoms with Gasteiger partial charge in [0.2, 0.25) is 0 Å². The highest BCUT2D eigenvalue weighted by atomic mass is 35.5. The number of halogens is 1. The molecule has 2 heterocycles. The Bertz CT molecular complexity index is 1370. The maximum atomic E-state index is 14.1. The molecule has 5 nitrogen and oxygen atoms in total. The fourth-order valence-electron chi connectivity index (χ4n) is 5.30. The lowest BCUT2D eigenvalue weighted by Crippen LogP contribution is -2.44. The average Bonchev–Trinajstić information content (AvgIpc) is 3.19. The van der Waals surface area contributed by atoms with Crippen molar-refractivity contribution in [3.05, 3.63) is 101 Å². The number of hydrogen-bond acceptors (Lipinski definition) is 5. The molecule has 3 atom stereocenters. The summed E-state index contributed by atoms with van der Waals surface area (Å²) in [6, 6.07) is 24.9. The van der Waals surface area contributed by atoms with Crippen LogP contribution in [-0.2, 0) is 0 Å². The summed E-state index contributed by atoms with van der Waals surface area (Å²) in [5.41, 5.74) is 1.24. The molecule has 0 spiro atoms. The summed E-state index contributed by atoms with van der Waals surface area (Å²) >= 11 is 6.25. The van der Waals surface area contributed by atoms with E-state index >= 15 is 0 Å². The molecule has 1 saturated heterocycles. The Morgan fingerprint density at radius 2 is 1.74 bits per heavy atom. The first-order chi connectivity index (χ1) is 16.6. The Hall–Kier alpha value is -4.06. The Labute approximate surface area is 203 Å². The van der Waals surface area contributed by atoms with Crippen LogP contribution in [0, 0.1) is 28.1 Å². The van der Waals surface area contributed by atoms with Gasteiger partial charge in [0.05, 0.1) is 25.3 Å². The van der Waals surface area contributed by atoms with Crippen molar-refractivity contribution < 1.29 is 9.53 Å². The Morgan fingerprint density at radius 1 is 1.03 bits per heavy atom. The van der Waals surface area contributed by atoms with Gasteiger partial charge in [-0.2, -0.15) is 10.5 Å². The number of benzene rings is 3. The van der Waals surface area contributed by atoms with Gasteiger partial charge in [0.15, 0.2) is 11.2 Å². The number of nitriles is 2. The summed E-state index contributed by atoms with van der Waals surface area (Å²) in [7, 11) is 1.55. The molecular weight excluding hydrogens is 446 g/mol. The fraction of sp³-hybridized carbons (Fsp3) is 0.179. The van der Waals surface area contributed by atoms with Crippen molar-refractivity contribution in [3.63, 3.8) is 0 Å². The lowest BCUT2D eigenvalue weighted by molar-refractivity contribution is 0.0950. The van der Waals surface area contributed by atoms with Gasteiger partial charge in [-0.15, -0.1) is 0 Å². The predicted molar refractivity (Wildman–Crippen MR) is 131 cm³/mol. The zero-order chi connectivity index (χ0) is 23.9. The van der Waals surface area contributed by atoms with Crippen molar-refractivity contribution in [1.29, 1.82) is 10.5 Å². The van der Waals surface area contributed by atoms with Gasteiger partial charge in [0.1, 0.15) is 11.8 Å². The number of carbonyl (C=O) groups excluding carboxylic acids is 1. The van der Waals surface area contributed by atoms with Gasteiger partial charge in [-0.3, -0.25) is 4.79 Å². The van der Waals surface area contributed by atoms with Crippen molar-refractivity contribution in [3.8, 4) is 17.9 Å². The SMILES string of the molecule is COc1ccccc1[C@@H]1[C@H](C(=O)c2ccccc2)N2c3ccc(Cl)cc3C=C[C@@H]2C1(C#N)C#N. The van der Waals surface area contributed by atoms with Crippen LogP contribution in [0.4, 0.5) is 5.69 Å². The molecular formula is C28H20ClN3O2. The summed E-state index contributed by atoms with van der Waals surface area (Å²) in [4.78, 5) is 16.1. The highest BCUT2D eigenvalue weighted by molar-refractivity contribution is 6.30. The molecule has 2 aliphatic rings. The van der Waals surface area contributed by atoms with Gasteiger partial charge in [0, 0.05) is 27.8 Å². The number of rotatable bonds is 4. The number of ether oxygens (including phenoxy) is 1. The highest BCUT2D eigenvalue weighted by Crippen LogP contribution is 2.57. The molecule has 0 N–H and O–H groups in total. The monoisotopic (exact) mass is 465 g/mol. The average molecular weight is 466 g/mol. The second-order valence-corrected chi connectivity index (χ2v) is 8.84. The van der Waals surface area contributed by atoms with Gasteiger partial charge < -0.3 is 9.64 Å². The van der Waals surface area contributed by atoms with E-state index in [2.05, 4.69) is 12.1 Å². The normalized spacial score (nSPS) is 21.6. The van der Waals surface area contributed by atoms with Gasteiger partial charge in [-0.25, -0.2) is 0 Å². The minimum Gasteiger partial charge on any atom is -0.496 e. The number of nitrogens with zero attached hydrogens (tertiary/aromatic N) is 3. The van der Waals surface area contributed by atoms with Crippen LogP contribution in [0.5, 0.6) is 5.75 Å². The van der Waals surface area contributed by atoms with Gasteiger partial charge in [-0.05, 0) is 29.8 Å². The highest BCUT2D eigenvalue weighted by Gasteiger charge is 2.63. The van der Waals surface area contributed by atoms with Crippen molar-refractivity contribution in [2.45, 2.75) is 18.0 Å². The third-order valence-corrected chi connectivity index (χ3v) is 7.00. The molecule has 0 bridgehead atoms. The van der Waals surface area contributed by atoms with Crippen LogP contribution in [0.25, 0.3) is 6.08 Å². The molecule has 3 aromatic rings. The van der Waals surface area contributed by atoms with Gasteiger partial charge in [0.25, 0.3) is 0 Å². The molecule has 166 valence electrons. The first kappa shape index (κ1) is 21.8. The second kappa shape index (κ2) is 8.37. The summed E-state index contributed by atoms with van der Waals surface area (Å²) in [5.74, 6) is -0.388. The van der Waals surface area contributed by atoms with E-state index in [1.165, 1.54) is 0 Å². The predicted octanol–water partition coefficient (Wildman–Crippen LogP) is 5.63. The fourth-order valence-corrected chi connectivity index (χ4v) is 5.49. The van der Waals surface area contributed by atoms with Gasteiger partial charge in [-0.1, -0.05) is 72.3 Å². The number of hydrogen-bond donors (Lipinski definition) is 0. The van der Waals surface area contributed by atoms with Crippen molar-refractivity contribution >= 4 is 29.1 Å². The number of carbonyl (C=O) groups is 1. The Kier molecular flexibility index (Phi) is 5.36. The Balaban J connectivity index is 1.82. The lowest BCUT2D eigenvalue weighted by Gasteiger charge is -2.35. The molecule has 0 saturated carbocycles. The van der Waals surface area contributed by atoms with E-state index in [-0.39, 0.29) is 5.78 Å².